The van der Waals surface area contributed by atoms with Crippen LogP contribution in [0, 0.1) is 239 Å². The second-order valence-electron chi connectivity index (χ2n) is 60.0. The lowest BCUT2D eigenvalue weighted by atomic mass is 9.32. The van der Waals surface area contributed by atoms with Crippen molar-refractivity contribution >= 4 is 68.3 Å². The van der Waals surface area contributed by atoms with Crippen molar-refractivity contribution in [3.05, 3.63) is 128 Å². The van der Waals surface area contributed by atoms with E-state index in [1.165, 1.54) is 6.26 Å². The Hall–Kier alpha value is -8.03. The molecule has 0 aromatic heterocycles. The van der Waals surface area contributed by atoms with E-state index in [4.69, 9.17) is 26.3 Å². The van der Waals surface area contributed by atoms with Crippen molar-refractivity contribution in [2.75, 3.05) is 6.26 Å². The van der Waals surface area contributed by atoms with Gasteiger partial charge in [-0.3, -0.25) is 28.8 Å². The molecule has 146 heavy (non-hydrogen) atoms. The maximum absolute atomic E-state index is 14.9. The molecule has 0 heterocycles. The molecule has 0 saturated heterocycles. The van der Waals surface area contributed by atoms with Gasteiger partial charge in [0.15, 0.2) is 40.5 Å². The average Bonchev–Trinajstić information content (AvgIpc) is 0.678. The van der Waals surface area contributed by atoms with E-state index in [9.17, 15) is 71.1 Å². The molecule has 19 nitrogen and oxygen atoms in total. The molecule has 0 aromatic rings. The standard InChI is InChI=1S/C32H43NO4.C31H40FNO3.C31H46N2O4S.C31H40N2O2/c1-27(2)11-13-32(18-24(35)36)14-12-31(7)25(19(32)16-27)21(34)15-23-29(5)17-20(33-8)26(37)28(3,4)22(29)9-10-30(23,31)6;1-26(2)11-13-31(25(32)36)14-12-30(7)23(18(31)16-26)20(34)15-22-28(5)17-19(33-8)24(35)27(3,4)21(28)9-10-29(22,30)6;1-26(2)12-14-31(33-38(9,36)37)15-13-30(7)24(19(31)17-26)21(34)16-23-28(5)18-20(32-8)25(35)27(3,4)22(28)10-11-29(23,30)6;1-26(2)11-13-31(18-32)14-12-30(7)24(19(31)16-26)21(34)15-23-28(5)17-20(33-8)25(35)27(3,4)22(28)9-10-29(23,30)6/h15,17,19,22,25H,9-14,16,18H2,1-7H3,(H,35,36);15,17-18,21,23H,9-14,16H2,1-7H3;18-19,22-24,33H,10-17H2,1-7,9H3;15,17,19,22,24H,9-14,16H2,1-7H3/t19-,22-,25-,29-,30+,31+,32+;18-,21-,23-,28-,29+,30+,31-;19-,22-,23?,24-,28-,29+,30+,31-;19-,22-,24-,28-,29+,30+,31+/m0000/s1. The summed E-state index contributed by atoms with van der Waals surface area (Å²) < 4.78 is 43.2. The fourth-order valence-electron chi connectivity index (χ4n) is 40.9. The highest BCUT2D eigenvalue weighted by molar-refractivity contribution is 7.88. The van der Waals surface area contributed by atoms with Gasteiger partial charge in [-0.25, -0.2) is 32.5 Å². The van der Waals surface area contributed by atoms with Gasteiger partial charge in [-0.1, -0.05) is 235 Å². The summed E-state index contributed by atoms with van der Waals surface area (Å²) in [5.74, 6) is -1.41. The minimum atomic E-state index is -3.44. The van der Waals surface area contributed by atoms with Crippen molar-refractivity contribution in [2.24, 2.45) is 201 Å². The quantitative estimate of drug-likeness (QED) is 0.191. The van der Waals surface area contributed by atoms with E-state index in [0.717, 1.165) is 171 Å². The molecule has 0 amide bonds. The third kappa shape index (κ3) is 14.9. The summed E-state index contributed by atoms with van der Waals surface area (Å²) in [4.78, 5) is 149. The SMILES string of the molecule is [C-]#[N+]C1=C[C@]2(C)C3=CC(=O)[C@@H]4[C@@H]5CC(C)(C)CC[C@]5(C#N)CC[C@@]4(C)[C@]3(C)CC[C@H]2C(C)(C)C1=O.[C-]#[N+]C1=C[C@]2(C)C3=CC(=O)[C@@H]4[C@@H]5CC(C)(C)CC[C@]5(C(=O)F)CC[C@@]4(C)[C@]3(C)CC[C@H]2C(C)(C)C1=O.[C-]#[N+]C1=C[C@]2(C)C3=CC(=O)[C@@H]4[C@@H]5CC(C)(C)CC[C@]5(CC(=O)O)CC[C@@]4(C)[C@]3(C)CC[C@H]2C(C)(C)C1=O.[C-]#[N+]C1=C[C@]2(C)C3CC(=O)[C@@H]4[C@@H]5CC(C)(C)CC[C@]5(NS(C)(=O)=O)CC[C@@]4(C)[C@]3(C)CC[C@H]2C(C)(C)C1=O. The fraction of sp³-hybridized carbons (Fsp3) is 0.768. The molecule has 790 valence electrons. The highest BCUT2D eigenvalue weighted by atomic mass is 32.2. The zero-order valence-electron chi connectivity index (χ0n) is 93.6. The highest BCUT2D eigenvalue weighted by Gasteiger charge is 2.78. The molecule has 20 aliphatic carbocycles. The molecule has 20 rings (SSSR count). The first-order valence-electron chi connectivity index (χ1n) is 55.6. The first-order valence-corrected chi connectivity index (χ1v) is 57.5. The van der Waals surface area contributed by atoms with Gasteiger partial charge in [0.2, 0.25) is 32.8 Å². The Morgan fingerprint density at radius 3 is 1.12 bits per heavy atom. The molecular weight excluding hydrogens is 1840 g/mol. The highest BCUT2D eigenvalue weighted by Crippen LogP contribution is 2.82. The minimum Gasteiger partial charge on any atom is -0.481 e. The van der Waals surface area contributed by atoms with Crippen molar-refractivity contribution in [3.63, 3.8) is 0 Å². The van der Waals surface area contributed by atoms with Crippen LogP contribution < -0.4 is 4.72 Å². The predicted molar refractivity (Wildman–Crippen MR) is 562 cm³/mol. The molecule has 0 aliphatic heterocycles. The van der Waals surface area contributed by atoms with Gasteiger partial charge in [-0.15, -0.1) is 0 Å². The molecule has 13 saturated carbocycles. The summed E-state index contributed by atoms with van der Waals surface area (Å²) in [5, 5.41) is 20.3. The summed E-state index contributed by atoms with van der Waals surface area (Å²) in [6, 6.07) is 1.51. The van der Waals surface area contributed by atoms with Gasteiger partial charge in [0.25, 0.3) is 0 Å². The maximum Gasteiger partial charge on any atom is 0.307 e. The monoisotopic (exact) mass is 2010 g/mol. The zero-order valence-corrected chi connectivity index (χ0v) is 94.4. The van der Waals surface area contributed by atoms with Crippen LogP contribution in [0.4, 0.5) is 4.39 Å². The number of Topliss-reactive ketones (excluding diaryl/α,β-unsaturated/α-hetero) is 5. The molecule has 1 unspecified atom stereocenters. The number of nitrogens with zero attached hydrogens (tertiary/aromatic N) is 5. The summed E-state index contributed by atoms with van der Waals surface area (Å²) in [6.07, 6.45) is 38.4. The Morgan fingerprint density at radius 2 is 0.712 bits per heavy atom. The lowest BCUT2D eigenvalue weighted by Crippen LogP contribution is -2.72. The van der Waals surface area contributed by atoms with Crippen LogP contribution in [0.15, 0.2) is 82.0 Å². The van der Waals surface area contributed by atoms with Crippen LogP contribution in [0.25, 0.3) is 19.4 Å². The number of carbonyl (C=O) groups excluding carboxylic acids is 9. The molecule has 29 atom stereocenters. The summed E-state index contributed by atoms with van der Waals surface area (Å²) >= 11 is 0. The van der Waals surface area contributed by atoms with Crippen LogP contribution in [0.2, 0.25) is 0 Å². The Morgan fingerprint density at radius 1 is 0.390 bits per heavy atom. The molecule has 21 heteroatoms. The number of hydrogen-bond acceptors (Lipinski definition) is 13. The normalized spacial score (nSPS) is 46.9. The Kier molecular flexibility index (Phi) is 25.0. The summed E-state index contributed by atoms with van der Waals surface area (Å²) in [7, 11) is -3.44. The third-order valence-electron chi connectivity index (χ3n) is 49.7. The number of sulfonamides is 1. The van der Waals surface area contributed by atoms with Gasteiger partial charge in [0, 0.05) is 73.5 Å². The van der Waals surface area contributed by atoms with Gasteiger partial charge < -0.3 is 24.3 Å². The number of carboxylic acids is 1. The van der Waals surface area contributed by atoms with E-state index in [1.54, 1.807) is 0 Å². The van der Waals surface area contributed by atoms with E-state index >= 15 is 0 Å². The van der Waals surface area contributed by atoms with Crippen molar-refractivity contribution < 1.29 is 65.9 Å². The lowest BCUT2D eigenvalue weighted by Gasteiger charge is -2.72. The van der Waals surface area contributed by atoms with Crippen LogP contribution >= 0.6 is 0 Å². The van der Waals surface area contributed by atoms with E-state index in [2.05, 4.69) is 169 Å². The lowest BCUT2D eigenvalue weighted by molar-refractivity contribution is -0.214. The molecule has 13 fully saturated rings. The number of hydrogen-bond donors (Lipinski definition) is 2. The van der Waals surface area contributed by atoms with Gasteiger partial charge in [-0.2, -0.15) is 9.65 Å². The largest absolute Gasteiger partial charge is 0.481 e. The van der Waals surface area contributed by atoms with Crippen molar-refractivity contribution in [2.45, 2.75) is 392 Å². The van der Waals surface area contributed by atoms with E-state index in [1.807, 2.05) is 97.9 Å². The molecular formula is C125H169FN6O13S. The number of carboxylic acid groups (broad SMARTS) is 1. The van der Waals surface area contributed by atoms with Crippen LogP contribution in [-0.2, 0) is 58.0 Å². The predicted octanol–water partition coefficient (Wildman–Crippen LogP) is 27.1. The molecule has 0 aromatic carbocycles. The Labute approximate surface area is 872 Å². The van der Waals surface area contributed by atoms with Crippen molar-refractivity contribution in [3.8, 4) is 6.07 Å². The molecule has 2 N–H and O–H groups in total. The molecule has 20 aliphatic rings. The molecule has 0 bridgehead atoms. The number of halogens is 1. The topological polar surface area (TPSA) is 278 Å². The second kappa shape index (κ2) is 33.5. The number of carbonyl (C=O) groups is 10. The smallest absolute Gasteiger partial charge is 0.307 e. The molecule has 0 spiro atoms. The van der Waals surface area contributed by atoms with Crippen LogP contribution in [0.3, 0.4) is 0 Å². The fourth-order valence-corrected chi connectivity index (χ4v) is 42.0. The number of fused-ring (bicyclic) bond motifs is 28. The average molecular weight is 2010 g/mol. The number of nitriles is 1. The first kappa shape index (κ1) is 109. The van der Waals surface area contributed by atoms with Crippen LogP contribution in [0.5, 0.6) is 0 Å². The van der Waals surface area contributed by atoms with E-state index < -0.39 is 93.1 Å². The van der Waals surface area contributed by atoms with Gasteiger partial charge in [0.05, 0.1) is 55.9 Å². The Bertz CT molecular complexity index is 6340. The number of rotatable bonds is 5. The van der Waals surface area contributed by atoms with Gasteiger partial charge in [0.1, 0.15) is 5.78 Å². The van der Waals surface area contributed by atoms with Gasteiger partial charge in [-0.05, 0) is 327 Å². The summed E-state index contributed by atoms with van der Waals surface area (Å²) in [5.41, 5.74) is -4.86. The zero-order chi connectivity index (χ0) is 108. The van der Waals surface area contributed by atoms with E-state index in [-0.39, 0.29) is 211 Å². The number of ketones is 8. The first-order chi connectivity index (χ1) is 66.9. The number of allylic oxidation sites excluding steroid dienone is 14. The third-order valence-corrected chi connectivity index (χ3v) is 50.4. The summed E-state index contributed by atoms with van der Waals surface area (Å²) in [6.45, 7) is 91.7. The number of aliphatic carboxylic acids is 1. The molecule has 0 radical (unpaired) electrons. The minimum absolute atomic E-state index is 0.000935. The van der Waals surface area contributed by atoms with E-state index in [0.29, 0.717) is 32.1 Å². The maximum atomic E-state index is 14.9. The van der Waals surface area contributed by atoms with Crippen LogP contribution in [0.1, 0.15) is 386 Å². The second-order valence-corrected chi connectivity index (χ2v) is 61.8. The van der Waals surface area contributed by atoms with Crippen molar-refractivity contribution in [1.29, 1.82) is 5.26 Å². The Balaban J connectivity index is 0.000000133. The van der Waals surface area contributed by atoms with Crippen molar-refractivity contribution in [1.82, 2.24) is 4.72 Å². The van der Waals surface area contributed by atoms with Crippen LogP contribution in [-0.4, -0.2) is 83.6 Å². The number of nitrogens with one attached hydrogen (secondary N) is 1. The van der Waals surface area contributed by atoms with Gasteiger partial charge >= 0.3 is 12.0 Å².